The molecule has 0 aliphatic carbocycles. The quantitative estimate of drug-likeness (QED) is 0.591. The van der Waals surface area contributed by atoms with Gasteiger partial charge in [-0.15, -0.1) is 0 Å². The number of carbonyl (C=O) groups is 1. The normalized spacial score (nSPS) is 11.4. The van der Waals surface area contributed by atoms with Crippen LogP contribution in [0.3, 0.4) is 0 Å². The van der Waals surface area contributed by atoms with Crippen molar-refractivity contribution in [1.82, 2.24) is 4.72 Å². The summed E-state index contributed by atoms with van der Waals surface area (Å²) in [6.07, 6.45) is 0.848. The van der Waals surface area contributed by atoms with Crippen molar-refractivity contribution in [2.45, 2.75) is 25.2 Å². The fourth-order valence-electron chi connectivity index (χ4n) is 3.07. The molecule has 0 aliphatic heterocycles. The van der Waals surface area contributed by atoms with E-state index in [1.165, 1.54) is 6.07 Å². The predicted octanol–water partition coefficient (Wildman–Crippen LogP) is 3.72. The first-order valence-corrected chi connectivity index (χ1v) is 11.0. The standard InChI is InChI=1S/C22H24N2O4S/c1-3-16-8-7-9-17(14-16)24-22(25)15-23-29(26,27)21-13-12-20(28-4-2)18-10-5-6-11-19(18)21/h5-14,23H,3-4,15H2,1-2H3,(H,24,25). The van der Waals surface area contributed by atoms with Crippen LogP contribution >= 0.6 is 0 Å². The molecule has 7 heteroatoms. The van der Waals surface area contributed by atoms with Crippen LogP contribution in [0.2, 0.25) is 0 Å². The monoisotopic (exact) mass is 412 g/mol. The number of carbonyl (C=O) groups excluding carboxylic acids is 1. The lowest BCUT2D eigenvalue weighted by molar-refractivity contribution is -0.115. The average Bonchev–Trinajstić information content (AvgIpc) is 2.73. The van der Waals surface area contributed by atoms with Crippen LogP contribution in [0.5, 0.6) is 5.75 Å². The summed E-state index contributed by atoms with van der Waals surface area (Å²) in [6, 6.07) is 17.7. The van der Waals surface area contributed by atoms with Crippen LogP contribution in [-0.2, 0) is 21.2 Å². The van der Waals surface area contributed by atoms with Crippen LogP contribution < -0.4 is 14.8 Å². The molecule has 0 bridgehead atoms. The van der Waals surface area contributed by atoms with Gasteiger partial charge < -0.3 is 10.1 Å². The summed E-state index contributed by atoms with van der Waals surface area (Å²) in [5.74, 6) is 0.188. The summed E-state index contributed by atoms with van der Waals surface area (Å²) in [5.41, 5.74) is 1.73. The van der Waals surface area contributed by atoms with Gasteiger partial charge in [0.2, 0.25) is 15.9 Å². The van der Waals surface area contributed by atoms with Gasteiger partial charge >= 0.3 is 0 Å². The largest absolute Gasteiger partial charge is 0.493 e. The van der Waals surface area contributed by atoms with E-state index < -0.39 is 15.9 Å². The Morgan fingerprint density at radius 1 is 0.966 bits per heavy atom. The Labute approximate surface area is 170 Å². The maximum absolute atomic E-state index is 12.8. The average molecular weight is 413 g/mol. The molecule has 3 aromatic rings. The number of hydrogen-bond donors (Lipinski definition) is 2. The molecule has 0 fully saturated rings. The van der Waals surface area contributed by atoms with Gasteiger partial charge in [-0.2, -0.15) is 0 Å². The zero-order chi connectivity index (χ0) is 20.9. The second-order valence-electron chi connectivity index (χ2n) is 6.47. The van der Waals surface area contributed by atoms with Crippen molar-refractivity contribution in [1.29, 1.82) is 0 Å². The zero-order valence-corrected chi connectivity index (χ0v) is 17.3. The van der Waals surface area contributed by atoms with E-state index in [4.69, 9.17) is 4.74 Å². The van der Waals surface area contributed by atoms with Crippen molar-refractivity contribution in [2.24, 2.45) is 0 Å². The summed E-state index contributed by atoms with van der Waals surface area (Å²) in [6.45, 7) is 4.01. The molecular formula is C22H24N2O4S. The Kier molecular flexibility index (Phi) is 6.51. The summed E-state index contributed by atoms with van der Waals surface area (Å²) in [5, 5.41) is 3.97. The SMILES string of the molecule is CCOc1ccc(S(=O)(=O)NCC(=O)Nc2cccc(CC)c2)c2ccccc12. The molecule has 0 radical (unpaired) electrons. The lowest BCUT2D eigenvalue weighted by Crippen LogP contribution is -2.33. The van der Waals surface area contributed by atoms with Gasteiger partial charge in [0, 0.05) is 16.5 Å². The third kappa shape index (κ3) is 4.93. The number of hydrogen-bond acceptors (Lipinski definition) is 4. The van der Waals surface area contributed by atoms with Gasteiger partial charge in [0.15, 0.2) is 0 Å². The molecule has 0 aromatic heterocycles. The highest BCUT2D eigenvalue weighted by atomic mass is 32.2. The van der Waals surface area contributed by atoms with Gasteiger partial charge in [-0.05, 0) is 43.2 Å². The molecule has 0 spiro atoms. The lowest BCUT2D eigenvalue weighted by Gasteiger charge is -2.13. The summed E-state index contributed by atoms with van der Waals surface area (Å²) < 4.78 is 33.7. The minimum absolute atomic E-state index is 0.109. The second kappa shape index (κ2) is 9.07. The Bertz CT molecular complexity index is 1130. The molecule has 0 saturated heterocycles. The van der Waals surface area contributed by atoms with Gasteiger partial charge in [0.1, 0.15) is 5.75 Å². The van der Waals surface area contributed by atoms with E-state index in [1.807, 2.05) is 44.2 Å². The minimum atomic E-state index is -3.89. The number of benzene rings is 3. The fourth-order valence-corrected chi connectivity index (χ4v) is 4.26. The number of nitrogens with one attached hydrogen (secondary N) is 2. The van der Waals surface area contributed by atoms with E-state index in [0.717, 1.165) is 12.0 Å². The molecular weight excluding hydrogens is 388 g/mol. The minimum Gasteiger partial charge on any atom is -0.493 e. The molecule has 6 nitrogen and oxygen atoms in total. The van der Waals surface area contributed by atoms with Gasteiger partial charge in [0.05, 0.1) is 18.0 Å². The van der Waals surface area contributed by atoms with Crippen LogP contribution in [0.15, 0.2) is 65.6 Å². The molecule has 3 aromatic carbocycles. The number of amides is 1. The van der Waals surface area contributed by atoms with Gasteiger partial charge in [-0.25, -0.2) is 13.1 Å². The van der Waals surface area contributed by atoms with Gasteiger partial charge in [0.25, 0.3) is 0 Å². The van der Waals surface area contributed by atoms with Gasteiger partial charge in [-0.3, -0.25) is 4.79 Å². The second-order valence-corrected chi connectivity index (χ2v) is 8.20. The van der Waals surface area contributed by atoms with Crippen LogP contribution in [0.4, 0.5) is 5.69 Å². The first-order valence-electron chi connectivity index (χ1n) is 9.47. The number of rotatable bonds is 8. The molecule has 0 aliphatic rings. The third-order valence-electron chi connectivity index (χ3n) is 4.48. The van der Waals surface area contributed by atoms with Gasteiger partial charge in [-0.1, -0.05) is 43.3 Å². The molecule has 0 unspecified atom stereocenters. The summed E-state index contributed by atoms with van der Waals surface area (Å²) in [4.78, 5) is 12.3. The van der Waals surface area contributed by atoms with Crippen LogP contribution in [-0.4, -0.2) is 27.5 Å². The lowest BCUT2D eigenvalue weighted by atomic mass is 10.1. The van der Waals surface area contributed by atoms with E-state index in [-0.39, 0.29) is 11.4 Å². The van der Waals surface area contributed by atoms with Crippen molar-refractivity contribution in [2.75, 3.05) is 18.5 Å². The Morgan fingerprint density at radius 2 is 1.72 bits per heavy atom. The highest BCUT2D eigenvalue weighted by Gasteiger charge is 2.20. The molecule has 3 rings (SSSR count). The molecule has 0 saturated carbocycles. The van der Waals surface area contributed by atoms with E-state index in [1.54, 1.807) is 24.3 Å². The Balaban J connectivity index is 1.77. The predicted molar refractivity (Wildman–Crippen MR) is 115 cm³/mol. The molecule has 0 heterocycles. The third-order valence-corrected chi connectivity index (χ3v) is 5.93. The van der Waals surface area contributed by atoms with Crippen LogP contribution in [0, 0.1) is 0 Å². The maximum Gasteiger partial charge on any atom is 0.241 e. The highest BCUT2D eigenvalue weighted by Crippen LogP contribution is 2.31. The Hall–Kier alpha value is -2.90. The van der Waals surface area contributed by atoms with E-state index in [2.05, 4.69) is 10.0 Å². The van der Waals surface area contributed by atoms with Crippen molar-refractivity contribution in [3.05, 3.63) is 66.2 Å². The number of aryl methyl sites for hydroxylation is 1. The highest BCUT2D eigenvalue weighted by molar-refractivity contribution is 7.89. The molecule has 29 heavy (non-hydrogen) atoms. The Morgan fingerprint density at radius 3 is 2.45 bits per heavy atom. The van der Waals surface area contributed by atoms with E-state index in [0.29, 0.717) is 28.8 Å². The maximum atomic E-state index is 12.8. The fraction of sp³-hybridized carbons (Fsp3) is 0.227. The van der Waals surface area contributed by atoms with Crippen molar-refractivity contribution in [3.63, 3.8) is 0 Å². The van der Waals surface area contributed by atoms with Crippen LogP contribution in [0.25, 0.3) is 10.8 Å². The smallest absolute Gasteiger partial charge is 0.241 e. The van der Waals surface area contributed by atoms with Crippen LogP contribution in [0.1, 0.15) is 19.4 Å². The summed E-state index contributed by atoms with van der Waals surface area (Å²) >= 11 is 0. The first kappa shape index (κ1) is 20.8. The zero-order valence-electron chi connectivity index (χ0n) is 16.4. The number of ether oxygens (including phenoxy) is 1. The van der Waals surface area contributed by atoms with Crippen molar-refractivity contribution < 1.29 is 17.9 Å². The molecule has 152 valence electrons. The van der Waals surface area contributed by atoms with Crippen molar-refractivity contribution >= 4 is 32.4 Å². The first-order chi connectivity index (χ1) is 13.9. The van der Waals surface area contributed by atoms with Crippen molar-refractivity contribution in [3.8, 4) is 5.75 Å². The molecule has 1 amide bonds. The molecule has 2 N–H and O–H groups in total. The van der Waals surface area contributed by atoms with E-state index >= 15 is 0 Å². The number of sulfonamides is 1. The topological polar surface area (TPSA) is 84.5 Å². The summed E-state index contributed by atoms with van der Waals surface area (Å²) in [7, 11) is -3.89. The van der Waals surface area contributed by atoms with E-state index in [9.17, 15) is 13.2 Å². The number of anilines is 1. The number of fused-ring (bicyclic) bond motifs is 1. The molecule has 0 atom stereocenters.